The number of rotatable bonds is 6. The van der Waals surface area contributed by atoms with E-state index in [1.54, 1.807) is 10.9 Å². The Morgan fingerprint density at radius 2 is 1.16 bits per heavy atom. The zero-order valence-corrected chi connectivity index (χ0v) is 42.5. The Kier molecular flexibility index (Phi) is 13.4. The monoisotopic (exact) mass is 1010 g/mol. The van der Waals surface area contributed by atoms with Crippen molar-refractivity contribution in [1.82, 2.24) is 49.5 Å². The highest BCUT2D eigenvalue weighted by atomic mass is 79.9. The van der Waals surface area contributed by atoms with Gasteiger partial charge in [0.2, 0.25) is 0 Å². The number of hydrogen-bond acceptors (Lipinski definition) is 10. The molecule has 1 fully saturated rings. The molecule has 4 aromatic heterocycles. The average molecular weight is 1020 g/mol. The largest absolute Gasteiger partial charge is 0.498 e. The zero-order chi connectivity index (χ0) is 47.9. The van der Waals surface area contributed by atoms with Crippen LogP contribution in [0.1, 0.15) is 75.1 Å². The average Bonchev–Trinajstić information content (AvgIpc) is 4.10. The summed E-state index contributed by atoms with van der Waals surface area (Å²) in [5, 5.41) is 34.4. The molecule has 350 valence electrons. The van der Waals surface area contributed by atoms with E-state index < -0.39 is 0 Å². The van der Waals surface area contributed by atoms with Gasteiger partial charge in [-0.2, -0.15) is 10.2 Å². The van der Waals surface area contributed by atoms with Crippen LogP contribution >= 0.6 is 39.1 Å². The molecule has 0 amide bonds. The fraction of sp³-hybridized carbons (Fsp3) is 0.320. The molecule has 0 radical (unpaired) electrons. The number of aromatic nitrogens is 10. The highest BCUT2D eigenvalue weighted by molar-refractivity contribution is 9.10. The van der Waals surface area contributed by atoms with E-state index in [1.165, 1.54) is 16.7 Å². The van der Waals surface area contributed by atoms with E-state index in [9.17, 15) is 0 Å². The van der Waals surface area contributed by atoms with Crippen molar-refractivity contribution in [2.24, 2.45) is 14.1 Å². The van der Waals surface area contributed by atoms with Crippen molar-refractivity contribution < 1.29 is 9.31 Å². The Hall–Kier alpha value is -5.78. The van der Waals surface area contributed by atoms with E-state index in [0.29, 0.717) is 0 Å². The Labute approximate surface area is 415 Å². The van der Waals surface area contributed by atoms with Gasteiger partial charge in [-0.15, -0.1) is 10.2 Å². The lowest BCUT2D eigenvalue weighted by molar-refractivity contribution is 0.00578. The van der Waals surface area contributed by atoms with Crippen molar-refractivity contribution >= 4 is 63.1 Å². The summed E-state index contributed by atoms with van der Waals surface area (Å²) in [4.78, 5) is 0. The van der Waals surface area contributed by atoms with Gasteiger partial charge in [-0.3, -0.25) is 9.36 Å². The Bertz CT molecular complexity index is 3070. The first kappa shape index (κ1) is 47.3. The number of halogens is 3. The number of aryl methyl sites for hydroxylation is 6. The van der Waals surface area contributed by atoms with E-state index in [2.05, 4.69) is 93.8 Å². The molecule has 0 saturated carbocycles. The second kappa shape index (κ2) is 19.3. The molecule has 2 N–H and O–H groups in total. The molecule has 0 bridgehead atoms. The molecule has 3 aliphatic rings. The third-order valence-corrected chi connectivity index (χ3v) is 14.0. The standard InChI is InChI=1S/C22H21ClN6.C18H16BrClN4.C10H17BN2O2/c1-14-22-19-7-6-15(16-12-24-28(2)13-16)10-20(19)21(8-9-29(22)27-26-14)25-18-5-3-4-17(23)11-18;1-11-18-15-6-5-12(19)9-16(15)17(7-8-24(18)23-22-11)21-14-4-2-3-13(20)10-14;1-9(2)10(3,4)15-11(14-9)8-6-12-13(5)7-8/h3-7,10-13,21,25H,8-9H2,1-2H3;2-6,9-10,17,21H,7-8H2,1H3;6-7H,1-5H3. The van der Waals surface area contributed by atoms with Crippen LogP contribution in [0.2, 0.25) is 10.0 Å². The summed E-state index contributed by atoms with van der Waals surface area (Å²) < 4.78 is 20.4. The van der Waals surface area contributed by atoms with Crippen LogP contribution in [0.4, 0.5) is 11.4 Å². The lowest BCUT2D eigenvalue weighted by Gasteiger charge is -2.32. The zero-order valence-electron chi connectivity index (χ0n) is 39.4. The van der Waals surface area contributed by atoms with Gasteiger partial charge in [-0.25, -0.2) is 9.36 Å². The van der Waals surface area contributed by atoms with E-state index in [0.717, 1.165) is 96.8 Å². The lowest BCUT2D eigenvalue weighted by atomic mass is 9.82. The molecular formula is C50H54BBrCl2N12O2. The fourth-order valence-electron chi connectivity index (χ4n) is 8.85. The SMILES string of the molecule is Cc1nnn2c1-c1ccc(-c3cnn(C)c3)cc1C(Nc1cccc(Cl)c1)CC2.Cc1nnn2c1-c1ccc(Br)cc1C(Nc1cccc(Cl)c1)CC2.Cn1cc(B2OC(C)(C)C(C)(C)O2)cn1. The van der Waals surface area contributed by atoms with Crippen LogP contribution < -0.4 is 16.1 Å². The van der Waals surface area contributed by atoms with Gasteiger partial charge in [0.25, 0.3) is 0 Å². The van der Waals surface area contributed by atoms with Crippen LogP contribution in [-0.4, -0.2) is 67.9 Å². The number of benzene rings is 4. The van der Waals surface area contributed by atoms with Gasteiger partial charge in [-0.1, -0.05) is 79.9 Å². The Morgan fingerprint density at radius 1 is 0.647 bits per heavy atom. The number of nitrogens with one attached hydrogen (secondary N) is 2. The molecule has 68 heavy (non-hydrogen) atoms. The van der Waals surface area contributed by atoms with Gasteiger partial charge < -0.3 is 19.9 Å². The molecule has 14 nitrogen and oxygen atoms in total. The van der Waals surface area contributed by atoms with Crippen LogP contribution in [-0.2, 0) is 36.5 Å². The van der Waals surface area contributed by atoms with Crippen LogP contribution in [0.15, 0.2) is 114 Å². The molecular weight excluding hydrogens is 962 g/mol. The molecule has 8 aromatic rings. The van der Waals surface area contributed by atoms with Crippen LogP contribution in [0.3, 0.4) is 0 Å². The van der Waals surface area contributed by atoms with Crippen molar-refractivity contribution in [3.63, 3.8) is 0 Å². The first-order valence-corrected chi connectivity index (χ1v) is 24.2. The molecule has 0 spiro atoms. The van der Waals surface area contributed by atoms with E-state index >= 15 is 0 Å². The van der Waals surface area contributed by atoms with Gasteiger partial charge in [0.1, 0.15) is 0 Å². The lowest BCUT2D eigenvalue weighted by Crippen LogP contribution is -2.41. The predicted molar refractivity (Wildman–Crippen MR) is 274 cm³/mol. The van der Waals surface area contributed by atoms with Crippen molar-refractivity contribution in [2.75, 3.05) is 10.6 Å². The van der Waals surface area contributed by atoms with Gasteiger partial charge in [0.05, 0.1) is 52.3 Å². The Balaban J connectivity index is 0.000000134. The molecule has 18 heteroatoms. The van der Waals surface area contributed by atoms with Crippen molar-refractivity contribution in [3.05, 3.63) is 147 Å². The van der Waals surface area contributed by atoms with Gasteiger partial charge in [-0.05, 0) is 126 Å². The third kappa shape index (κ3) is 10.0. The van der Waals surface area contributed by atoms with Crippen molar-refractivity contribution in [3.8, 4) is 33.6 Å². The summed E-state index contributed by atoms with van der Waals surface area (Å²) in [6, 6.07) is 29.0. The van der Waals surface area contributed by atoms with Crippen LogP contribution in [0.5, 0.6) is 0 Å². The van der Waals surface area contributed by atoms with Crippen LogP contribution in [0, 0.1) is 13.8 Å². The maximum absolute atomic E-state index is 6.21. The van der Waals surface area contributed by atoms with Gasteiger partial charge in [0.15, 0.2) is 0 Å². The topological polar surface area (TPSA) is 140 Å². The summed E-state index contributed by atoms with van der Waals surface area (Å²) in [5.74, 6) is 0. The summed E-state index contributed by atoms with van der Waals surface area (Å²) >= 11 is 15.9. The summed E-state index contributed by atoms with van der Waals surface area (Å²) in [6.45, 7) is 13.8. The molecule has 11 rings (SSSR count). The summed E-state index contributed by atoms with van der Waals surface area (Å²) in [7, 11) is 3.52. The minimum atomic E-state index is -0.302. The summed E-state index contributed by atoms with van der Waals surface area (Å²) in [5.41, 5.74) is 13.6. The number of fused-ring (bicyclic) bond motifs is 6. The third-order valence-electron chi connectivity index (χ3n) is 13.0. The highest BCUT2D eigenvalue weighted by Gasteiger charge is 2.52. The van der Waals surface area contributed by atoms with Gasteiger partial charge in [0, 0.05) is 93.8 Å². The predicted octanol–water partition coefficient (Wildman–Crippen LogP) is 10.8. The Morgan fingerprint density at radius 3 is 1.66 bits per heavy atom. The number of nitrogens with zero attached hydrogens (tertiary/aromatic N) is 10. The summed E-state index contributed by atoms with van der Waals surface area (Å²) in [6.07, 6.45) is 9.45. The smallest absolute Gasteiger partial charge is 0.399 e. The first-order valence-electron chi connectivity index (χ1n) is 22.6. The fourth-order valence-corrected chi connectivity index (χ4v) is 9.61. The maximum Gasteiger partial charge on any atom is 0.498 e. The minimum Gasteiger partial charge on any atom is -0.399 e. The van der Waals surface area contributed by atoms with Gasteiger partial charge >= 0.3 is 7.12 Å². The van der Waals surface area contributed by atoms with E-state index in [1.807, 2.05) is 137 Å². The van der Waals surface area contributed by atoms with E-state index in [4.69, 9.17) is 32.5 Å². The molecule has 0 aliphatic carbocycles. The molecule has 7 heterocycles. The van der Waals surface area contributed by atoms with E-state index in [-0.39, 0.29) is 30.4 Å². The molecule has 2 atom stereocenters. The molecule has 4 aromatic carbocycles. The van der Waals surface area contributed by atoms with Crippen molar-refractivity contribution in [1.29, 1.82) is 0 Å². The molecule has 3 aliphatic heterocycles. The number of hydrogen-bond donors (Lipinski definition) is 2. The quantitative estimate of drug-likeness (QED) is 0.155. The second-order valence-electron chi connectivity index (χ2n) is 18.5. The minimum absolute atomic E-state index is 0.126. The molecule has 2 unspecified atom stereocenters. The molecule has 1 saturated heterocycles. The second-order valence-corrected chi connectivity index (χ2v) is 20.2. The highest BCUT2D eigenvalue weighted by Crippen LogP contribution is 2.41. The normalized spacial score (nSPS) is 17.5. The first-order chi connectivity index (χ1) is 32.5. The maximum atomic E-state index is 6.21. The number of anilines is 2. The van der Waals surface area contributed by atoms with Crippen LogP contribution in [0.25, 0.3) is 33.6 Å². The van der Waals surface area contributed by atoms with Crippen molar-refractivity contribution in [2.45, 2.75) is 90.8 Å².